The molecule has 2 rings (SSSR count). The third kappa shape index (κ3) is 3.02. The maximum Gasteiger partial charge on any atom is 0.0508 e. The molecule has 2 nitrogen and oxygen atoms in total. The number of hydrogen-bond acceptors (Lipinski definition) is 2. The maximum atomic E-state index is 5.88. The van der Waals surface area contributed by atoms with Crippen LogP contribution in [0.15, 0.2) is 22.7 Å². The molecule has 1 aromatic rings. The molecule has 94 valence electrons. The first-order chi connectivity index (χ1) is 7.99. The summed E-state index contributed by atoms with van der Waals surface area (Å²) in [5.41, 5.74) is 8.32. The first-order valence-electron chi connectivity index (χ1n) is 6.25. The van der Waals surface area contributed by atoms with Crippen LogP contribution in [-0.4, -0.2) is 13.6 Å². The standard InChI is InChI=1S/C14H21BrN2/c1-9-6-12(9)8-17(3)14-5-4-11(10(2)16)7-13(14)15/h4-5,7,9-10,12H,6,8,16H2,1-3H3/t9?,10-,12?/m0/s1. The highest BCUT2D eigenvalue weighted by Gasteiger charge is 2.33. The summed E-state index contributed by atoms with van der Waals surface area (Å²) in [7, 11) is 2.16. The van der Waals surface area contributed by atoms with Gasteiger partial charge in [-0.1, -0.05) is 13.0 Å². The van der Waals surface area contributed by atoms with E-state index in [-0.39, 0.29) is 6.04 Å². The molecule has 2 N–H and O–H groups in total. The predicted molar refractivity (Wildman–Crippen MR) is 77.3 cm³/mol. The van der Waals surface area contributed by atoms with Crippen molar-refractivity contribution in [3.63, 3.8) is 0 Å². The molecular formula is C14H21BrN2. The number of anilines is 1. The Bertz CT molecular complexity index is 403. The normalized spacial score (nSPS) is 24.5. The van der Waals surface area contributed by atoms with Crippen LogP contribution in [0.3, 0.4) is 0 Å². The lowest BCUT2D eigenvalue weighted by molar-refractivity contribution is 0.724. The van der Waals surface area contributed by atoms with Gasteiger partial charge in [0.05, 0.1) is 5.69 Å². The fraction of sp³-hybridized carbons (Fsp3) is 0.571. The minimum absolute atomic E-state index is 0.0918. The number of nitrogens with zero attached hydrogens (tertiary/aromatic N) is 1. The Morgan fingerprint density at radius 2 is 2.18 bits per heavy atom. The zero-order chi connectivity index (χ0) is 12.6. The number of hydrogen-bond donors (Lipinski definition) is 1. The average Bonchev–Trinajstić information content (AvgIpc) is 2.93. The van der Waals surface area contributed by atoms with Gasteiger partial charge < -0.3 is 10.6 Å². The number of benzene rings is 1. The molecule has 1 fully saturated rings. The van der Waals surface area contributed by atoms with Crippen LogP contribution in [0.2, 0.25) is 0 Å². The van der Waals surface area contributed by atoms with E-state index in [9.17, 15) is 0 Å². The molecule has 0 heterocycles. The molecule has 0 bridgehead atoms. The molecule has 1 saturated carbocycles. The molecule has 0 saturated heterocycles. The largest absolute Gasteiger partial charge is 0.373 e. The minimum atomic E-state index is 0.0918. The molecule has 17 heavy (non-hydrogen) atoms. The molecular weight excluding hydrogens is 276 g/mol. The first-order valence-corrected chi connectivity index (χ1v) is 7.04. The average molecular weight is 297 g/mol. The molecule has 1 aromatic carbocycles. The quantitative estimate of drug-likeness (QED) is 0.920. The molecule has 2 unspecified atom stereocenters. The van der Waals surface area contributed by atoms with Gasteiger partial charge in [0.1, 0.15) is 0 Å². The van der Waals surface area contributed by atoms with Crippen molar-refractivity contribution in [2.45, 2.75) is 26.3 Å². The van der Waals surface area contributed by atoms with Crippen LogP contribution in [0.4, 0.5) is 5.69 Å². The topological polar surface area (TPSA) is 29.3 Å². The van der Waals surface area contributed by atoms with Gasteiger partial charge in [0.25, 0.3) is 0 Å². The van der Waals surface area contributed by atoms with Gasteiger partial charge in [0, 0.05) is 24.1 Å². The van der Waals surface area contributed by atoms with E-state index in [2.05, 4.69) is 53.0 Å². The lowest BCUT2D eigenvalue weighted by atomic mass is 10.1. The minimum Gasteiger partial charge on any atom is -0.373 e. The van der Waals surface area contributed by atoms with Gasteiger partial charge in [-0.2, -0.15) is 0 Å². The Balaban J connectivity index is 2.09. The van der Waals surface area contributed by atoms with Crippen molar-refractivity contribution in [3.8, 4) is 0 Å². The van der Waals surface area contributed by atoms with Crippen LogP contribution >= 0.6 is 15.9 Å². The molecule has 0 radical (unpaired) electrons. The van der Waals surface area contributed by atoms with Crippen molar-refractivity contribution in [1.82, 2.24) is 0 Å². The molecule has 0 aliphatic heterocycles. The summed E-state index contributed by atoms with van der Waals surface area (Å²) in [5, 5.41) is 0. The number of nitrogens with two attached hydrogens (primary N) is 1. The van der Waals surface area contributed by atoms with Gasteiger partial charge in [-0.25, -0.2) is 0 Å². The summed E-state index contributed by atoms with van der Waals surface area (Å²) in [6.07, 6.45) is 1.37. The van der Waals surface area contributed by atoms with Crippen LogP contribution in [0, 0.1) is 11.8 Å². The van der Waals surface area contributed by atoms with Crippen LogP contribution in [0.1, 0.15) is 31.9 Å². The molecule has 3 atom stereocenters. The zero-order valence-corrected chi connectivity index (χ0v) is 12.4. The SMILES string of the molecule is CC1CC1CN(C)c1ccc([C@H](C)N)cc1Br. The molecule has 1 aliphatic rings. The van der Waals surface area contributed by atoms with E-state index in [4.69, 9.17) is 5.73 Å². The second-order valence-electron chi connectivity index (χ2n) is 5.35. The highest BCUT2D eigenvalue weighted by atomic mass is 79.9. The maximum absolute atomic E-state index is 5.88. The Kier molecular flexibility index (Phi) is 3.79. The van der Waals surface area contributed by atoms with Crippen LogP contribution in [-0.2, 0) is 0 Å². The molecule has 1 aliphatic carbocycles. The van der Waals surface area contributed by atoms with E-state index in [1.54, 1.807) is 0 Å². The third-order valence-electron chi connectivity index (χ3n) is 3.69. The van der Waals surface area contributed by atoms with Gasteiger partial charge in [0.15, 0.2) is 0 Å². The Labute approximate surface area is 112 Å². The number of rotatable bonds is 4. The fourth-order valence-electron chi connectivity index (χ4n) is 2.22. The van der Waals surface area contributed by atoms with Gasteiger partial charge in [-0.15, -0.1) is 0 Å². The van der Waals surface area contributed by atoms with Crippen LogP contribution in [0.5, 0.6) is 0 Å². The smallest absolute Gasteiger partial charge is 0.0508 e. The molecule has 0 spiro atoms. The van der Waals surface area contributed by atoms with Crippen molar-refractivity contribution in [2.75, 3.05) is 18.5 Å². The molecule has 0 amide bonds. The summed E-state index contributed by atoms with van der Waals surface area (Å²) in [5.74, 6) is 1.78. The summed E-state index contributed by atoms with van der Waals surface area (Å²) >= 11 is 3.64. The summed E-state index contributed by atoms with van der Waals surface area (Å²) in [4.78, 5) is 2.34. The van der Waals surface area contributed by atoms with Gasteiger partial charge in [-0.3, -0.25) is 0 Å². The van der Waals surface area contributed by atoms with E-state index in [0.717, 1.165) is 22.9 Å². The third-order valence-corrected chi connectivity index (χ3v) is 4.33. The lowest BCUT2D eigenvalue weighted by Crippen LogP contribution is -2.21. The van der Waals surface area contributed by atoms with Crippen molar-refractivity contribution in [2.24, 2.45) is 17.6 Å². The van der Waals surface area contributed by atoms with Gasteiger partial charge in [0.2, 0.25) is 0 Å². The van der Waals surface area contributed by atoms with Crippen molar-refractivity contribution in [1.29, 1.82) is 0 Å². The van der Waals surface area contributed by atoms with Crippen LogP contribution in [0.25, 0.3) is 0 Å². The highest BCUT2D eigenvalue weighted by molar-refractivity contribution is 9.10. The van der Waals surface area contributed by atoms with Gasteiger partial charge in [-0.05, 0) is 58.8 Å². The van der Waals surface area contributed by atoms with E-state index in [0.29, 0.717) is 0 Å². The summed E-state index contributed by atoms with van der Waals surface area (Å²) < 4.78 is 1.14. The van der Waals surface area contributed by atoms with Crippen molar-refractivity contribution < 1.29 is 0 Å². The Morgan fingerprint density at radius 1 is 1.53 bits per heavy atom. The number of halogens is 1. The van der Waals surface area contributed by atoms with Crippen LogP contribution < -0.4 is 10.6 Å². The molecule has 0 aromatic heterocycles. The van der Waals surface area contributed by atoms with E-state index < -0.39 is 0 Å². The van der Waals surface area contributed by atoms with Crippen molar-refractivity contribution in [3.05, 3.63) is 28.2 Å². The fourth-order valence-corrected chi connectivity index (χ4v) is 2.92. The predicted octanol–water partition coefficient (Wildman–Crippen LogP) is 3.56. The monoisotopic (exact) mass is 296 g/mol. The lowest BCUT2D eigenvalue weighted by Gasteiger charge is -2.21. The highest BCUT2D eigenvalue weighted by Crippen LogP contribution is 2.39. The van der Waals surface area contributed by atoms with E-state index >= 15 is 0 Å². The Hall–Kier alpha value is -0.540. The van der Waals surface area contributed by atoms with Crippen molar-refractivity contribution >= 4 is 21.6 Å². The second-order valence-corrected chi connectivity index (χ2v) is 6.21. The van der Waals surface area contributed by atoms with E-state index in [1.165, 1.54) is 17.7 Å². The second kappa shape index (κ2) is 4.99. The van der Waals surface area contributed by atoms with E-state index in [1.807, 2.05) is 6.92 Å². The Morgan fingerprint density at radius 3 is 2.65 bits per heavy atom. The summed E-state index contributed by atoms with van der Waals surface area (Å²) in [6.45, 7) is 5.49. The zero-order valence-electron chi connectivity index (χ0n) is 10.8. The molecule has 3 heteroatoms. The first kappa shape index (κ1) is 12.9. The summed E-state index contributed by atoms with van der Waals surface area (Å²) in [6, 6.07) is 6.51. The van der Waals surface area contributed by atoms with Gasteiger partial charge >= 0.3 is 0 Å².